The average Bonchev–Trinajstić information content (AvgIpc) is 2.85. The third-order valence-corrected chi connectivity index (χ3v) is 7.09. The number of rotatable bonds is 9. The van der Waals surface area contributed by atoms with Crippen molar-refractivity contribution in [3.63, 3.8) is 0 Å². The van der Waals surface area contributed by atoms with Gasteiger partial charge in [0.05, 0.1) is 30.3 Å². The third-order valence-electron chi connectivity index (χ3n) is 4.78. The van der Waals surface area contributed by atoms with Crippen LogP contribution in [0.3, 0.4) is 0 Å². The topological polar surface area (TPSA) is 105 Å². The molecule has 3 aromatic carbocycles. The van der Waals surface area contributed by atoms with Crippen molar-refractivity contribution in [2.24, 2.45) is 5.10 Å². The van der Waals surface area contributed by atoms with Crippen molar-refractivity contribution in [1.82, 2.24) is 9.73 Å². The number of nitrogens with zero attached hydrogens (tertiary/aromatic N) is 2. The van der Waals surface area contributed by atoms with E-state index in [4.69, 9.17) is 23.2 Å². The van der Waals surface area contributed by atoms with Crippen LogP contribution < -0.4 is 5.43 Å². The highest BCUT2D eigenvalue weighted by atomic mass is 35.5. The Morgan fingerprint density at radius 1 is 0.943 bits per heavy atom. The van der Waals surface area contributed by atoms with Crippen molar-refractivity contribution in [3.05, 3.63) is 99.5 Å². The van der Waals surface area contributed by atoms with Gasteiger partial charge in [-0.3, -0.25) is 4.79 Å². The smallest absolute Gasteiger partial charge is 0.337 e. The summed E-state index contributed by atoms with van der Waals surface area (Å²) in [5.74, 6) is -1.11. The van der Waals surface area contributed by atoms with Crippen molar-refractivity contribution in [2.45, 2.75) is 11.4 Å². The molecule has 0 aromatic heterocycles. The van der Waals surface area contributed by atoms with Gasteiger partial charge in [-0.2, -0.15) is 9.41 Å². The van der Waals surface area contributed by atoms with E-state index >= 15 is 0 Å². The first-order valence-corrected chi connectivity index (χ1v) is 12.4. The molecule has 35 heavy (non-hydrogen) atoms. The van der Waals surface area contributed by atoms with Crippen molar-refractivity contribution in [1.29, 1.82) is 0 Å². The number of carbonyl (C=O) groups is 2. The normalized spacial score (nSPS) is 11.5. The minimum atomic E-state index is -4.03. The van der Waals surface area contributed by atoms with Crippen LogP contribution in [0.5, 0.6) is 0 Å². The van der Waals surface area contributed by atoms with Crippen molar-refractivity contribution < 1.29 is 22.7 Å². The summed E-state index contributed by atoms with van der Waals surface area (Å²) in [4.78, 5) is 24.1. The summed E-state index contributed by atoms with van der Waals surface area (Å²) in [5.41, 5.74) is 3.96. The first-order valence-electron chi connectivity index (χ1n) is 10.2. The van der Waals surface area contributed by atoms with Gasteiger partial charge in [-0.1, -0.05) is 47.5 Å². The van der Waals surface area contributed by atoms with Crippen LogP contribution in [0.25, 0.3) is 0 Å². The molecule has 8 nitrogen and oxygen atoms in total. The van der Waals surface area contributed by atoms with E-state index in [9.17, 15) is 18.0 Å². The van der Waals surface area contributed by atoms with Gasteiger partial charge >= 0.3 is 5.97 Å². The van der Waals surface area contributed by atoms with E-state index in [0.29, 0.717) is 26.7 Å². The van der Waals surface area contributed by atoms with Crippen LogP contribution in [0.1, 0.15) is 21.5 Å². The Kier molecular flexibility index (Phi) is 9.00. The van der Waals surface area contributed by atoms with E-state index in [1.165, 1.54) is 37.6 Å². The second-order valence-corrected chi connectivity index (χ2v) is 10.1. The fourth-order valence-electron chi connectivity index (χ4n) is 2.97. The van der Waals surface area contributed by atoms with Gasteiger partial charge in [-0.05, 0) is 59.7 Å². The first-order chi connectivity index (χ1) is 16.7. The van der Waals surface area contributed by atoms with Crippen LogP contribution in [0.2, 0.25) is 10.0 Å². The maximum absolute atomic E-state index is 13.3. The van der Waals surface area contributed by atoms with Crippen LogP contribution in [0.15, 0.2) is 82.8 Å². The Morgan fingerprint density at radius 2 is 1.51 bits per heavy atom. The Morgan fingerprint density at radius 3 is 2.09 bits per heavy atom. The molecule has 0 aliphatic carbocycles. The van der Waals surface area contributed by atoms with E-state index in [1.807, 2.05) is 0 Å². The van der Waals surface area contributed by atoms with Crippen LogP contribution in [0, 0.1) is 0 Å². The summed E-state index contributed by atoms with van der Waals surface area (Å²) >= 11 is 11.8. The van der Waals surface area contributed by atoms with E-state index in [1.54, 1.807) is 48.5 Å². The Balaban J connectivity index is 1.74. The minimum Gasteiger partial charge on any atom is -0.465 e. The number of methoxy groups -OCH3 is 1. The minimum absolute atomic E-state index is 0.00198. The molecule has 1 N–H and O–H groups in total. The number of hydrogen-bond donors (Lipinski definition) is 1. The van der Waals surface area contributed by atoms with Crippen LogP contribution >= 0.6 is 23.2 Å². The standard InChI is InChI=1S/C24H21Cl2N3O5S/c1-34-24(31)19-6-2-17(3-7-19)14-27-28-23(30)16-29(15-18-4-8-20(25)9-5-18)35(32,33)22-12-10-21(26)11-13-22/h2-14H,15-16H2,1H3,(H,28,30)/b27-14-. The maximum atomic E-state index is 13.3. The Labute approximate surface area is 213 Å². The second-order valence-electron chi connectivity index (χ2n) is 7.26. The fraction of sp³-hybridized carbons (Fsp3) is 0.125. The largest absolute Gasteiger partial charge is 0.465 e. The molecule has 0 saturated heterocycles. The number of hydrazone groups is 1. The molecular weight excluding hydrogens is 513 g/mol. The molecule has 0 fully saturated rings. The lowest BCUT2D eigenvalue weighted by atomic mass is 10.1. The van der Waals surface area contributed by atoms with Crippen LogP contribution in [0.4, 0.5) is 0 Å². The van der Waals surface area contributed by atoms with Crippen molar-refractivity contribution >= 4 is 51.3 Å². The number of nitrogens with one attached hydrogen (secondary N) is 1. The summed E-state index contributed by atoms with van der Waals surface area (Å²) in [6, 6.07) is 18.7. The lowest BCUT2D eigenvalue weighted by Gasteiger charge is -2.21. The molecule has 0 saturated carbocycles. The number of ether oxygens (including phenoxy) is 1. The monoisotopic (exact) mass is 533 g/mol. The van der Waals surface area contributed by atoms with E-state index in [0.717, 1.165) is 4.31 Å². The van der Waals surface area contributed by atoms with Gasteiger partial charge < -0.3 is 4.74 Å². The van der Waals surface area contributed by atoms with Gasteiger partial charge in [0, 0.05) is 16.6 Å². The number of hydrogen-bond acceptors (Lipinski definition) is 6. The molecule has 182 valence electrons. The molecule has 3 rings (SSSR count). The lowest BCUT2D eigenvalue weighted by molar-refractivity contribution is -0.121. The van der Waals surface area contributed by atoms with Crippen LogP contribution in [-0.4, -0.2) is 44.5 Å². The molecule has 3 aromatic rings. The van der Waals surface area contributed by atoms with Gasteiger partial charge in [0.2, 0.25) is 10.0 Å². The Bertz CT molecular complexity index is 1310. The number of carbonyl (C=O) groups excluding carboxylic acids is 2. The highest BCUT2D eigenvalue weighted by Gasteiger charge is 2.27. The van der Waals surface area contributed by atoms with E-state index < -0.39 is 28.4 Å². The molecule has 0 atom stereocenters. The number of esters is 1. The number of halogens is 2. The number of sulfonamides is 1. The lowest BCUT2D eigenvalue weighted by Crippen LogP contribution is -2.39. The number of benzene rings is 3. The van der Waals surface area contributed by atoms with E-state index in [-0.39, 0.29) is 11.4 Å². The molecule has 11 heteroatoms. The van der Waals surface area contributed by atoms with Crippen molar-refractivity contribution in [2.75, 3.05) is 13.7 Å². The molecular formula is C24H21Cl2N3O5S. The second kappa shape index (κ2) is 11.9. The zero-order valence-corrected chi connectivity index (χ0v) is 20.8. The highest BCUT2D eigenvalue weighted by Crippen LogP contribution is 2.21. The quantitative estimate of drug-likeness (QED) is 0.253. The zero-order valence-electron chi connectivity index (χ0n) is 18.5. The molecule has 0 aliphatic rings. The summed E-state index contributed by atoms with van der Waals surface area (Å²) in [6.07, 6.45) is 1.37. The van der Waals surface area contributed by atoms with Crippen LogP contribution in [-0.2, 0) is 26.1 Å². The number of amides is 1. The molecule has 0 aliphatic heterocycles. The first kappa shape index (κ1) is 26.4. The van der Waals surface area contributed by atoms with Gasteiger partial charge in [0.25, 0.3) is 5.91 Å². The fourth-order valence-corrected chi connectivity index (χ4v) is 4.61. The highest BCUT2D eigenvalue weighted by molar-refractivity contribution is 7.89. The van der Waals surface area contributed by atoms with E-state index in [2.05, 4.69) is 15.3 Å². The maximum Gasteiger partial charge on any atom is 0.337 e. The summed E-state index contributed by atoms with van der Waals surface area (Å²) in [6.45, 7) is -0.541. The average molecular weight is 534 g/mol. The summed E-state index contributed by atoms with van der Waals surface area (Å²) in [5, 5.41) is 4.77. The van der Waals surface area contributed by atoms with Crippen molar-refractivity contribution in [3.8, 4) is 0 Å². The summed E-state index contributed by atoms with van der Waals surface area (Å²) in [7, 11) is -2.74. The predicted molar refractivity (Wildman–Crippen MR) is 134 cm³/mol. The molecule has 0 bridgehead atoms. The molecule has 1 amide bonds. The van der Waals surface area contributed by atoms with Gasteiger partial charge in [-0.25, -0.2) is 18.6 Å². The van der Waals surface area contributed by atoms with Gasteiger partial charge in [-0.15, -0.1) is 0 Å². The third kappa shape index (κ3) is 7.37. The Hall–Kier alpha value is -3.24. The van der Waals surface area contributed by atoms with Gasteiger partial charge in [0.1, 0.15) is 0 Å². The molecule has 0 heterocycles. The molecule has 0 unspecified atom stereocenters. The van der Waals surface area contributed by atoms with Gasteiger partial charge in [0.15, 0.2) is 0 Å². The molecule has 0 radical (unpaired) electrons. The molecule has 0 spiro atoms. The SMILES string of the molecule is COC(=O)c1ccc(/C=N\NC(=O)CN(Cc2ccc(Cl)cc2)S(=O)(=O)c2ccc(Cl)cc2)cc1. The summed E-state index contributed by atoms with van der Waals surface area (Å²) < 4.78 is 32.2. The zero-order chi connectivity index (χ0) is 25.4. The predicted octanol–water partition coefficient (Wildman–Crippen LogP) is 4.12.